The molecule has 1 aliphatic heterocycles. The maximum absolute atomic E-state index is 4.91. The van der Waals surface area contributed by atoms with Crippen molar-refractivity contribution in [1.29, 1.82) is 0 Å². The molecule has 50 valence electrons. The SMILES string of the molecule is C1=Cc2nccnc2ON1. The van der Waals surface area contributed by atoms with E-state index in [-0.39, 0.29) is 0 Å². The Hall–Kier alpha value is -1.58. The first kappa shape index (κ1) is 5.22. The molecule has 0 saturated carbocycles. The van der Waals surface area contributed by atoms with Crippen molar-refractivity contribution in [3.8, 4) is 5.88 Å². The second-order valence-corrected chi connectivity index (χ2v) is 1.80. The smallest absolute Gasteiger partial charge is 0.271 e. The molecule has 0 amide bonds. The summed E-state index contributed by atoms with van der Waals surface area (Å²) in [5.74, 6) is 0.519. The van der Waals surface area contributed by atoms with Crippen LogP contribution < -0.4 is 10.3 Å². The molecule has 0 fully saturated rings. The van der Waals surface area contributed by atoms with Crippen molar-refractivity contribution in [2.24, 2.45) is 0 Å². The third-order valence-corrected chi connectivity index (χ3v) is 1.16. The molecule has 1 aromatic rings. The van der Waals surface area contributed by atoms with E-state index in [1.54, 1.807) is 24.7 Å². The number of rotatable bonds is 0. The third-order valence-electron chi connectivity index (χ3n) is 1.16. The molecule has 0 bridgehead atoms. The number of nitrogens with zero attached hydrogens (tertiary/aromatic N) is 2. The molecule has 1 aliphatic rings. The van der Waals surface area contributed by atoms with Gasteiger partial charge in [-0.25, -0.2) is 15.4 Å². The van der Waals surface area contributed by atoms with E-state index in [1.807, 2.05) is 0 Å². The number of aromatic nitrogens is 2. The second kappa shape index (κ2) is 1.98. The first-order valence-corrected chi connectivity index (χ1v) is 2.87. The Kier molecular flexibility index (Phi) is 1.04. The molecule has 1 aromatic heterocycles. The van der Waals surface area contributed by atoms with Crippen LogP contribution in [0.5, 0.6) is 5.88 Å². The average molecular weight is 135 g/mol. The summed E-state index contributed by atoms with van der Waals surface area (Å²) in [6.45, 7) is 0. The molecule has 4 nitrogen and oxygen atoms in total. The average Bonchev–Trinajstić information content (AvgIpc) is 2.05. The Balaban J connectivity index is 2.54. The van der Waals surface area contributed by atoms with Crippen molar-refractivity contribution in [3.63, 3.8) is 0 Å². The van der Waals surface area contributed by atoms with Crippen molar-refractivity contribution < 1.29 is 4.84 Å². The van der Waals surface area contributed by atoms with Gasteiger partial charge in [0.15, 0.2) is 0 Å². The van der Waals surface area contributed by atoms with E-state index in [9.17, 15) is 0 Å². The Labute approximate surface area is 57.5 Å². The zero-order chi connectivity index (χ0) is 6.81. The summed E-state index contributed by atoms with van der Waals surface area (Å²) in [4.78, 5) is 12.8. The Morgan fingerprint density at radius 1 is 1.30 bits per heavy atom. The van der Waals surface area contributed by atoms with Crippen LogP contribution in [-0.2, 0) is 0 Å². The summed E-state index contributed by atoms with van der Waals surface area (Å²) in [6, 6.07) is 0. The first-order valence-electron chi connectivity index (χ1n) is 2.87. The fraction of sp³-hybridized carbons (Fsp3) is 0. The standard InChI is InChI=1S/C6H5N3O/c1-2-9-10-6-5(1)7-3-4-8-6/h1-4,9H. The zero-order valence-corrected chi connectivity index (χ0v) is 5.11. The van der Waals surface area contributed by atoms with E-state index >= 15 is 0 Å². The highest BCUT2D eigenvalue weighted by molar-refractivity contribution is 5.50. The van der Waals surface area contributed by atoms with E-state index < -0.39 is 0 Å². The number of hydrogen-bond donors (Lipinski definition) is 1. The monoisotopic (exact) mass is 135 g/mol. The van der Waals surface area contributed by atoms with Crippen molar-refractivity contribution in [1.82, 2.24) is 15.4 Å². The minimum absolute atomic E-state index is 0.519. The number of fused-ring (bicyclic) bond motifs is 1. The first-order chi connectivity index (χ1) is 4.97. The van der Waals surface area contributed by atoms with Crippen LogP contribution in [0.3, 0.4) is 0 Å². The lowest BCUT2D eigenvalue weighted by Crippen LogP contribution is -2.15. The molecule has 0 saturated heterocycles. The number of nitrogens with one attached hydrogen (secondary N) is 1. The van der Waals surface area contributed by atoms with Gasteiger partial charge in [0.25, 0.3) is 5.88 Å². The van der Waals surface area contributed by atoms with Crippen molar-refractivity contribution >= 4 is 6.08 Å². The summed E-state index contributed by atoms with van der Waals surface area (Å²) in [5, 5.41) is 0. The quantitative estimate of drug-likeness (QED) is 0.557. The highest BCUT2D eigenvalue weighted by atomic mass is 16.7. The lowest BCUT2D eigenvalue weighted by Gasteiger charge is -2.08. The predicted octanol–water partition coefficient (Wildman–Crippen LogP) is 0.344. The Morgan fingerprint density at radius 3 is 3.10 bits per heavy atom. The largest absolute Gasteiger partial charge is 0.360 e. The summed E-state index contributed by atoms with van der Waals surface area (Å²) in [7, 11) is 0. The number of hydroxylamine groups is 1. The lowest BCUT2D eigenvalue weighted by molar-refractivity contribution is 0.227. The highest BCUT2D eigenvalue weighted by Gasteiger charge is 2.05. The molecular weight excluding hydrogens is 130 g/mol. The van der Waals surface area contributed by atoms with Crippen LogP contribution in [-0.4, -0.2) is 9.97 Å². The van der Waals surface area contributed by atoms with E-state index in [0.29, 0.717) is 5.88 Å². The molecular formula is C6H5N3O. The Bertz CT molecular complexity index is 271. The van der Waals surface area contributed by atoms with E-state index in [2.05, 4.69) is 15.4 Å². The summed E-state index contributed by atoms with van der Waals surface area (Å²) < 4.78 is 0. The summed E-state index contributed by atoms with van der Waals surface area (Å²) in [5.41, 5.74) is 3.31. The normalized spacial score (nSPS) is 13.2. The molecule has 10 heavy (non-hydrogen) atoms. The van der Waals surface area contributed by atoms with Crippen molar-refractivity contribution in [2.75, 3.05) is 0 Å². The molecule has 4 heteroatoms. The number of hydrogen-bond acceptors (Lipinski definition) is 4. The van der Waals surface area contributed by atoms with Gasteiger partial charge in [-0.05, 0) is 6.08 Å². The van der Waals surface area contributed by atoms with Crippen LogP contribution in [0, 0.1) is 0 Å². The maximum Gasteiger partial charge on any atom is 0.271 e. The molecule has 0 aliphatic carbocycles. The minimum Gasteiger partial charge on any atom is -0.360 e. The van der Waals surface area contributed by atoms with E-state index in [0.717, 1.165) is 5.69 Å². The van der Waals surface area contributed by atoms with Crippen LogP contribution in [0.25, 0.3) is 6.08 Å². The predicted molar refractivity (Wildman–Crippen MR) is 34.8 cm³/mol. The van der Waals surface area contributed by atoms with Gasteiger partial charge in [-0.1, -0.05) is 0 Å². The van der Waals surface area contributed by atoms with Gasteiger partial charge in [-0.15, -0.1) is 0 Å². The van der Waals surface area contributed by atoms with Gasteiger partial charge in [-0.3, -0.25) is 0 Å². The topological polar surface area (TPSA) is 47.0 Å². The highest BCUT2D eigenvalue weighted by Crippen LogP contribution is 2.13. The van der Waals surface area contributed by atoms with Gasteiger partial charge in [0.05, 0.1) is 0 Å². The van der Waals surface area contributed by atoms with Gasteiger partial charge in [0.1, 0.15) is 5.69 Å². The fourth-order valence-electron chi connectivity index (χ4n) is 0.732. The maximum atomic E-state index is 4.91. The molecule has 2 rings (SSSR count). The minimum atomic E-state index is 0.519. The summed E-state index contributed by atoms with van der Waals surface area (Å²) in [6.07, 6.45) is 6.67. The second-order valence-electron chi connectivity index (χ2n) is 1.80. The fourth-order valence-corrected chi connectivity index (χ4v) is 0.732. The van der Waals surface area contributed by atoms with Crippen molar-refractivity contribution in [2.45, 2.75) is 0 Å². The summed E-state index contributed by atoms with van der Waals surface area (Å²) >= 11 is 0. The van der Waals surface area contributed by atoms with E-state index in [4.69, 9.17) is 4.84 Å². The zero-order valence-electron chi connectivity index (χ0n) is 5.11. The molecule has 1 N–H and O–H groups in total. The van der Waals surface area contributed by atoms with Gasteiger partial charge < -0.3 is 4.84 Å². The van der Waals surface area contributed by atoms with Crippen LogP contribution in [0.15, 0.2) is 18.6 Å². The van der Waals surface area contributed by atoms with Crippen molar-refractivity contribution in [3.05, 3.63) is 24.3 Å². The third kappa shape index (κ3) is 0.699. The molecule has 2 heterocycles. The lowest BCUT2D eigenvalue weighted by atomic mass is 10.4. The van der Waals surface area contributed by atoms with Gasteiger partial charge in [-0.2, -0.15) is 0 Å². The molecule has 0 unspecified atom stereocenters. The van der Waals surface area contributed by atoms with Crippen LogP contribution >= 0.6 is 0 Å². The van der Waals surface area contributed by atoms with Crippen LogP contribution in [0.4, 0.5) is 0 Å². The van der Waals surface area contributed by atoms with Crippen LogP contribution in [0.1, 0.15) is 5.69 Å². The van der Waals surface area contributed by atoms with Gasteiger partial charge >= 0.3 is 0 Å². The Morgan fingerprint density at radius 2 is 2.20 bits per heavy atom. The van der Waals surface area contributed by atoms with Crippen LogP contribution in [0.2, 0.25) is 0 Å². The molecule has 0 spiro atoms. The molecule has 0 aromatic carbocycles. The molecule has 0 radical (unpaired) electrons. The van der Waals surface area contributed by atoms with Gasteiger partial charge in [0.2, 0.25) is 0 Å². The van der Waals surface area contributed by atoms with Gasteiger partial charge in [0, 0.05) is 18.6 Å². The molecule has 0 atom stereocenters. The van der Waals surface area contributed by atoms with E-state index in [1.165, 1.54) is 0 Å².